The van der Waals surface area contributed by atoms with Crippen LogP contribution in [0.1, 0.15) is 50.2 Å². The topological polar surface area (TPSA) is 93.6 Å². The molecule has 2 unspecified atom stereocenters. The molecule has 0 radical (unpaired) electrons. The highest BCUT2D eigenvalue weighted by Crippen LogP contribution is 2.45. The summed E-state index contributed by atoms with van der Waals surface area (Å²) in [6.07, 6.45) is 6.01. The molecule has 2 aromatic rings. The zero-order valence-corrected chi connectivity index (χ0v) is 10.9. The molecule has 100 valence electrons. The van der Waals surface area contributed by atoms with Gasteiger partial charge in [0.2, 0.25) is 0 Å². The van der Waals surface area contributed by atoms with Gasteiger partial charge in [-0.15, -0.1) is 0 Å². The Morgan fingerprint density at radius 2 is 2.26 bits per heavy atom. The van der Waals surface area contributed by atoms with Crippen LogP contribution in [-0.2, 0) is 5.54 Å². The van der Waals surface area contributed by atoms with Crippen molar-refractivity contribution in [3.63, 3.8) is 0 Å². The molecule has 19 heavy (non-hydrogen) atoms. The Balaban J connectivity index is 1.60. The number of H-pyrrole nitrogens is 1. The van der Waals surface area contributed by atoms with E-state index in [4.69, 9.17) is 10.3 Å². The molecule has 6 nitrogen and oxygen atoms in total. The lowest BCUT2D eigenvalue weighted by Crippen LogP contribution is -2.44. The van der Waals surface area contributed by atoms with Crippen LogP contribution in [0.25, 0.3) is 11.6 Å². The number of aromatic nitrogens is 4. The standard InChI is InChI=1S/C13H17N5O/c1-7-5-8(7)10-17-11(19-18-10)9-6-15-12(16-9)13(14)3-2-4-13/h6-8H,2-5,14H2,1H3,(H,15,16). The van der Waals surface area contributed by atoms with E-state index in [0.29, 0.717) is 17.7 Å². The summed E-state index contributed by atoms with van der Waals surface area (Å²) in [4.78, 5) is 12.0. The molecule has 2 heterocycles. The summed E-state index contributed by atoms with van der Waals surface area (Å²) in [7, 11) is 0. The largest absolute Gasteiger partial charge is 0.336 e. The predicted molar refractivity (Wildman–Crippen MR) is 68.1 cm³/mol. The van der Waals surface area contributed by atoms with Gasteiger partial charge in [0, 0.05) is 5.92 Å². The normalized spacial score (nSPS) is 28.1. The Bertz CT molecular complexity index is 612. The number of hydrogen-bond acceptors (Lipinski definition) is 5. The maximum Gasteiger partial charge on any atom is 0.275 e. The minimum atomic E-state index is -0.286. The average Bonchev–Trinajstić information content (AvgIpc) is 2.87. The maximum atomic E-state index is 6.24. The van der Waals surface area contributed by atoms with Gasteiger partial charge in [0.05, 0.1) is 11.7 Å². The molecule has 2 atom stereocenters. The third kappa shape index (κ3) is 1.70. The van der Waals surface area contributed by atoms with Crippen LogP contribution in [0.3, 0.4) is 0 Å². The highest BCUT2D eigenvalue weighted by Gasteiger charge is 2.39. The summed E-state index contributed by atoms with van der Waals surface area (Å²) in [5.41, 5.74) is 6.71. The van der Waals surface area contributed by atoms with Crippen LogP contribution in [0.2, 0.25) is 0 Å². The minimum Gasteiger partial charge on any atom is -0.336 e. The van der Waals surface area contributed by atoms with E-state index < -0.39 is 0 Å². The zero-order valence-electron chi connectivity index (χ0n) is 10.9. The van der Waals surface area contributed by atoms with Gasteiger partial charge in [-0.2, -0.15) is 4.98 Å². The lowest BCUT2D eigenvalue weighted by atomic mass is 9.77. The molecule has 0 aromatic carbocycles. The molecule has 0 amide bonds. The van der Waals surface area contributed by atoms with E-state index in [-0.39, 0.29) is 5.54 Å². The fourth-order valence-corrected chi connectivity index (χ4v) is 2.65. The van der Waals surface area contributed by atoms with Crippen molar-refractivity contribution in [3.05, 3.63) is 17.8 Å². The lowest BCUT2D eigenvalue weighted by Gasteiger charge is -2.35. The van der Waals surface area contributed by atoms with E-state index in [9.17, 15) is 0 Å². The highest BCUT2D eigenvalue weighted by atomic mass is 16.5. The molecular formula is C13H17N5O. The Morgan fingerprint density at radius 3 is 2.89 bits per heavy atom. The van der Waals surface area contributed by atoms with Crippen molar-refractivity contribution in [1.29, 1.82) is 0 Å². The summed E-state index contributed by atoms with van der Waals surface area (Å²) in [6, 6.07) is 0. The fourth-order valence-electron chi connectivity index (χ4n) is 2.65. The van der Waals surface area contributed by atoms with E-state index in [2.05, 4.69) is 27.0 Å². The Hall–Kier alpha value is -1.69. The van der Waals surface area contributed by atoms with Gasteiger partial charge in [0.25, 0.3) is 5.89 Å². The maximum absolute atomic E-state index is 6.24. The number of aromatic amines is 1. The molecule has 0 aliphatic heterocycles. The van der Waals surface area contributed by atoms with Gasteiger partial charge in [0.1, 0.15) is 11.5 Å². The predicted octanol–water partition coefficient (Wildman–Crippen LogP) is 1.92. The third-order valence-electron chi connectivity index (χ3n) is 4.41. The van der Waals surface area contributed by atoms with Crippen molar-refractivity contribution >= 4 is 0 Å². The Labute approximate surface area is 110 Å². The second-order valence-corrected chi connectivity index (χ2v) is 5.93. The van der Waals surface area contributed by atoms with Crippen molar-refractivity contribution in [2.75, 3.05) is 0 Å². The number of nitrogens with zero attached hydrogens (tertiary/aromatic N) is 3. The van der Waals surface area contributed by atoms with Crippen LogP contribution in [0, 0.1) is 5.92 Å². The lowest BCUT2D eigenvalue weighted by molar-refractivity contribution is 0.240. The van der Waals surface area contributed by atoms with Gasteiger partial charge in [-0.05, 0) is 31.6 Å². The summed E-state index contributed by atoms with van der Waals surface area (Å²) in [6.45, 7) is 2.20. The van der Waals surface area contributed by atoms with Gasteiger partial charge in [-0.1, -0.05) is 12.1 Å². The molecule has 6 heteroatoms. The molecule has 2 aromatic heterocycles. The van der Waals surface area contributed by atoms with Gasteiger partial charge in [-0.25, -0.2) is 4.98 Å². The average molecular weight is 259 g/mol. The number of nitrogens with one attached hydrogen (secondary N) is 1. The molecule has 0 saturated heterocycles. The van der Waals surface area contributed by atoms with Crippen molar-refractivity contribution in [2.24, 2.45) is 11.7 Å². The first-order valence-corrected chi connectivity index (χ1v) is 6.84. The van der Waals surface area contributed by atoms with Crippen LogP contribution < -0.4 is 5.73 Å². The Kier molecular flexibility index (Phi) is 2.15. The van der Waals surface area contributed by atoms with Gasteiger partial charge >= 0.3 is 0 Å². The van der Waals surface area contributed by atoms with Crippen LogP contribution in [0.4, 0.5) is 0 Å². The van der Waals surface area contributed by atoms with Gasteiger partial charge in [0.15, 0.2) is 5.82 Å². The molecule has 2 aliphatic carbocycles. The highest BCUT2D eigenvalue weighted by molar-refractivity contribution is 5.46. The molecule has 2 fully saturated rings. The van der Waals surface area contributed by atoms with Crippen molar-refractivity contribution in [1.82, 2.24) is 20.1 Å². The molecule has 0 spiro atoms. The zero-order chi connectivity index (χ0) is 13.0. The smallest absolute Gasteiger partial charge is 0.275 e. The van der Waals surface area contributed by atoms with Crippen LogP contribution in [-0.4, -0.2) is 20.1 Å². The van der Waals surface area contributed by atoms with E-state index in [0.717, 1.165) is 43.0 Å². The molecule has 0 bridgehead atoms. The minimum absolute atomic E-state index is 0.286. The Morgan fingerprint density at radius 1 is 1.47 bits per heavy atom. The monoisotopic (exact) mass is 259 g/mol. The first-order chi connectivity index (χ1) is 9.16. The van der Waals surface area contributed by atoms with E-state index in [1.807, 2.05) is 0 Å². The molecule has 3 N–H and O–H groups in total. The van der Waals surface area contributed by atoms with Crippen molar-refractivity contribution in [3.8, 4) is 11.6 Å². The van der Waals surface area contributed by atoms with Crippen LogP contribution in [0.5, 0.6) is 0 Å². The van der Waals surface area contributed by atoms with Crippen molar-refractivity contribution < 1.29 is 4.52 Å². The molecular weight excluding hydrogens is 242 g/mol. The molecule has 2 saturated carbocycles. The van der Waals surface area contributed by atoms with E-state index >= 15 is 0 Å². The van der Waals surface area contributed by atoms with E-state index in [1.165, 1.54) is 0 Å². The summed E-state index contributed by atoms with van der Waals surface area (Å²) >= 11 is 0. The first kappa shape index (κ1) is 11.2. The van der Waals surface area contributed by atoms with Crippen molar-refractivity contribution in [2.45, 2.75) is 44.1 Å². The first-order valence-electron chi connectivity index (χ1n) is 6.84. The second-order valence-electron chi connectivity index (χ2n) is 5.93. The number of rotatable bonds is 3. The van der Waals surface area contributed by atoms with Gasteiger partial charge in [-0.3, -0.25) is 0 Å². The SMILES string of the molecule is CC1CC1c1noc(-c2cnc(C3(N)CCC3)[nH]2)n1. The van der Waals surface area contributed by atoms with E-state index in [1.54, 1.807) is 6.20 Å². The number of nitrogens with two attached hydrogens (primary N) is 1. The summed E-state index contributed by atoms with van der Waals surface area (Å²) in [5.74, 6) is 3.28. The molecule has 2 aliphatic rings. The second kappa shape index (κ2) is 3.66. The summed E-state index contributed by atoms with van der Waals surface area (Å²) < 4.78 is 5.30. The van der Waals surface area contributed by atoms with Crippen LogP contribution in [0.15, 0.2) is 10.7 Å². The molecule has 4 rings (SSSR count). The van der Waals surface area contributed by atoms with Crippen LogP contribution >= 0.6 is 0 Å². The quantitative estimate of drug-likeness (QED) is 0.878. The van der Waals surface area contributed by atoms with Gasteiger partial charge < -0.3 is 15.2 Å². The fraction of sp³-hybridized carbons (Fsp3) is 0.615. The third-order valence-corrected chi connectivity index (χ3v) is 4.41. The summed E-state index contributed by atoms with van der Waals surface area (Å²) in [5, 5.41) is 4.05. The number of hydrogen-bond donors (Lipinski definition) is 2. The number of imidazole rings is 1.